The van der Waals surface area contributed by atoms with Crippen molar-refractivity contribution >= 4 is 64.8 Å². The third-order valence-electron chi connectivity index (χ3n) is 19.0. The first-order valence-electron chi connectivity index (χ1n) is 37.7. The van der Waals surface area contributed by atoms with Crippen LogP contribution in [-0.2, 0) is 86.1 Å². The van der Waals surface area contributed by atoms with Crippen molar-refractivity contribution in [2.24, 2.45) is 22.7 Å². The topological polar surface area (TPSA) is 317 Å². The van der Waals surface area contributed by atoms with E-state index in [0.717, 1.165) is 34.5 Å². The minimum Gasteiger partial charge on any atom is -0.493 e. The number of carbonyl (C=O) groups excluding carboxylic acids is 8. The van der Waals surface area contributed by atoms with Crippen molar-refractivity contribution in [1.29, 1.82) is 0 Å². The van der Waals surface area contributed by atoms with Gasteiger partial charge >= 0.3 is 6.09 Å². The molecule has 1 saturated heterocycles. The quantitative estimate of drug-likeness (QED) is 0.0351. The number of hydrogen-bond donors (Lipinski definition) is 3. The van der Waals surface area contributed by atoms with Gasteiger partial charge in [0.25, 0.3) is 11.8 Å². The maximum Gasteiger partial charge on any atom is 0.416 e. The van der Waals surface area contributed by atoms with Gasteiger partial charge in [0.15, 0.2) is 23.5 Å². The Morgan fingerprint density at radius 1 is 0.630 bits per heavy atom. The number of amides is 6. The van der Waals surface area contributed by atoms with Crippen molar-refractivity contribution in [1.82, 2.24) is 25.3 Å². The van der Waals surface area contributed by atoms with Gasteiger partial charge in [-0.1, -0.05) is 70.5 Å². The number of rotatable bonds is 51. The molecule has 0 aromatic heterocycles. The molecule has 1 unspecified atom stereocenters. The number of unbranched alkanes of at least 4 members (excludes halogenated alkanes) is 2. The van der Waals surface area contributed by atoms with Crippen LogP contribution in [0.25, 0.3) is 0 Å². The summed E-state index contributed by atoms with van der Waals surface area (Å²) in [6.45, 7) is 21.7. The first kappa shape index (κ1) is 87.2. The summed E-state index contributed by atoms with van der Waals surface area (Å²) in [5, 5.41) is 18.1. The van der Waals surface area contributed by atoms with E-state index in [-0.39, 0.29) is 117 Å². The van der Waals surface area contributed by atoms with Gasteiger partial charge in [-0.25, -0.2) is 9.69 Å². The summed E-state index contributed by atoms with van der Waals surface area (Å²) in [4.78, 5) is 116. The van der Waals surface area contributed by atoms with Crippen LogP contribution in [0.1, 0.15) is 151 Å². The van der Waals surface area contributed by atoms with E-state index >= 15 is 0 Å². The minimum atomic E-state index is -1.47. The molecule has 0 aliphatic carbocycles. The number of aliphatic hydroxyl groups excluding tert-OH is 1. The summed E-state index contributed by atoms with van der Waals surface area (Å²) in [5.74, 6) is -1.06. The molecule has 6 atom stereocenters. The molecule has 6 amide bonds. The highest BCUT2D eigenvalue weighted by atomic mass is 16.6. The van der Waals surface area contributed by atoms with Crippen LogP contribution in [0.3, 0.4) is 0 Å². The molecule has 0 spiro atoms. The second-order valence-electron chi connectivity index (χ2n) is 27.7. The minimum absolute atomic E-state index is 0. The Kier molecular flexibility index (Phi) is 37.0. The largest absolute Gasteiger partial charge is 0.493 e. The van der Waals surface area contributed by atoms with Gasteiger partial charge in [0, 0.05) is 81.4 Å². The van der Waals surface area contributed by atoms with Gasteiger partial charge in [-0.3, -0.25) is 43.5 Å². The Bertz CT molecular complexity index is 3530. The van der Waals surface area contributed by atoms with Crippen LogP contribution in [0.4, 0.5) is 16.2 Å². The molecule has 108 heavy (non-hydrogen) atoms. The average molecular weight is 1510 g/mol. The summed E-state index contributed by atoms with van der Waals surface area (Å²) in [5.41, 5.74) is 5.34. The summed E-state index contributed by atoms with van der Waals surface area (Å²) in [6, 6.07) is 12.0. The number of aryl methyl sites for hydroxylation is 1. The number of ketones is 2. The summed E-state index contributed by atoms with van der Waals surface area (Å²) in [7, 11) is 1.54. The number of ether oxygens (including phenoxy) is 12. The number of nitrogens with zero attached hydrogens (tertiary/aromatic N) is 5. The van der Waals surface area contributed by atoms with Gasteiger partial charge < -0.3 is 82.4 Å². The number of methoxy groups -OCH3 is 1. The van der Waals surface area contributed by atoms with Gasteiger partial charge in [-0.15, -0.1) is 0 Å². The van der Waals surface area contributed by atoms with E-state index in [0.29, 0.717) is 203 Å². The highest BCUT2D eigenvalue weighted by molar-refractivity contribution is 6.07. The molecular weight excluding hydrogens is 1390 g/mol. The second-order valence-corrected chi connectivity index (χ2v) is 27.7. The van der Waals surface area contributed by atoms with Crippen molar-refractivity contribution in [3.63, 3.8) is 0 Å². The maximum atomic E-state index is 14.3. The fourth-order valence-electron chi connectivity index (χ4n) is 12.9. The molecule has 8 rings (SSSR count). The lowest BCUT2D eigenvalue weighted by Crippen LogP contribution is -2.50. The number of anilines is 1. The molecule has 5 aliphatic rings. The maximum absolute atomic E-state index is 14.3. The van der Waals surface area contributed by atoms with Crippen molar-refractivity contribution in [3.05, 3.63) is 99.9 Å². The number of nitrogens with one attached hydrogen (secondary N) is 2. The Labute approximate surface area is 635 Å². The Morgan fingerprint density at radius 3 is 1.78 bits per heavy atom. The highest BCUT2D eigenvalue weighted by Crippen LogP contribution is 2.41. The molecule has 0 radical (unpaired) electrons. The van der Waals surface area contributed by atoms with E-state index in [1.54, 1.807) is 79.7 Å². The highest BCUT2D eigenvalue weighted by Gasteiger charge is 2.45. The number of fused-ring (bicyclic) bond motifs is 4. The molecule has 28 nitrogen and oxygen atoms in total. The van der Waals surface area contributed by atoms with Crippen molar-refractivity contribution in [2.45, 2.75) is 157 Å². The zero-order valence-electron chi connectivity index (χ0n) is 63.6. The van der Waals surface area contributed by atoms with E-state index in [1.807, 2.05) is 40.8 Å². The summed E-state index contributed by atoms with van der Waals surface area (Å²) in [6.07, 6.45) is 7.85. The molecule has 5 heterocycles. The van der Waals surface area contributed by atoms with Crippen LogP contribution in [-0.4, -0.2) is 243 Å². The van der Waals surface area contributed by atoms with Crippen LogP contribution in [0.5, 0.6) is 17.2 Å². The molecule has 5 aliphatic heterocycles. The summed E-state index contributed by atoms with van der Waals surface area (Å²) < 4.78 is 68.5. The predicted molar refractivity (Wildman–Crippen MR) is 404 cm³/mol. The molecule has 28 heteroatoms. The van der Waals surface area contributed by atoms with Gasteiger partial charge in [-0.2, -0.15) is 0 Å². The van der Waals surface area contributed by atoms with Crippen molar-refractivity contribution in [2.75, 3.05) is 151 Å². The number of carbonyl (C=O) groups is 8. The second kappa shape index (κ2) is 45.8. The average Bonchev–Trinajstić information content (AvgIpc) is 1.59. The van der Waals surface area contributed by atoms with Crippen LogP contribution in [0.2, 0.25) is 0 Å². The fraction of sp³-hybridized carbons (Fsp3) is 0.613. The van der Waals surface area contributed by atoms with E-state index in [1.165, 1.54) is 16.9 Å². The molecular formula is C80H115N7O21. The van der Waals surface area contributed by atoms with Crippen LogP contribution < -0.4 is 29.7 Å². The standard InChI is InChI=1S/C79H111N7O21.CH4/c1-9-60-44-65-67(48-70(60)105-22-11-10-12-23-106-72-47-66-64(46-71(72)96-8)76(92)84-50-54(4)40-61(84)49-81-66)86(78(94)68-41-55(5)51-85(68)77(65)93)79(95)107-52-59-16-14-58(15-17-59)43-69(88)57(7)82-74(90)63(53(2)3)45-62(87)18-24-97-26-28-99-30-32-101-34-36-103-38-39-104-37-35-102-33-31-100-29-27-98-25-20-80-19-13-21-83-73(89)42-56(6)75(83)91;/h14-17,44,46-51,53,56-57,61,63,68,78,80,94H,9-13,18-43,45,52H2,1-8H3,(H,82,90);1H4/t56?,57-,61-,63-,68-,78-;/m0./s1. The predicted octanol–water partition coefficient (Wildman–Crippen LogP) is 8.69. The lowest BCUT2D eigenvalue weighted by atomic mass is 9.88. The Balaban J connectivity index is 0.0000162. The number of hydrogen-bond acceptors (Lipinski definition) is 23. The monoisotopic (exact) mass is 1510 g/mol. The van der Waals surface area contributed by atoms with Crippen molar-refractivity contribution in [3.8, 4) is 17.2 Å². The molecule has 0 bridgehead atoms. The number of benzene rings is 3. The third-order valence-corrected chi connectivity index (χ3v) is 19.0. The molecule has 0 saturated carbocycles. The number of Topliss-reactive ketones (excluding diaryl/α,β-unsaturated/α-hetero) is 2. The van der Waals surface area contributed by atoms with Crippen molar-refractivity contribution < 1.29 is 100 Å². The number of likely N-dealkylation sites (tertiary alicyclic amines) is 1. The molecule has 3 N–H and O–H groups in total. The zero-order valence-corrected chi connectivity index (χ0v) is 63.6. The van der Waals surface area contributed by atoms with Crippen LogP contribution >= 0.6 is 0 Å². The number of imide groups is 1. The number of aliphatic hydroxyl groups is 1. The molecule has 3 aromatic carbocycles. The van der Waals surface area contributed by atoms with E-state index in [2.05, 4.69) is 15.6 Å². The zero-order chi connectivity index (χ0) is 76.6. The SMILES string of the molecule is C.CCc1cc2c(cc1OCCCCCOc1cc3c(cc1OC)C(=O)N1C=C(C)C[C@H]1C=N3)N(C(=O)OCc1ccc(CC(=O)[C@H](C)NC(=O)[C@@H](CC(=O)CCOCCOCCOCCOCCOCCOCCOCCOCCNCCCN3C(=O)CC(C)C3=O)C(C)C)cc1)[C@@H](O)[C@@H]1CC(C)=CN1C2=O. The lowest BCUT2D eigenvalue weighted by molar-refractivity contribution is -0.139. The first-order chi connectivity index (χ1) is 51.8. The fourth-order valence-corrected chi connectivity index (χ4v) is 12.9. The third kappa shape index (κ3) is 26.4. The van der Waals surface area contributed by atoms with E-state index in [9.17, 15) is 43.5 Å². The smallest absolute Gasteiger partial charge is 0.416 e. The Morgan fingerprint density at radius 2 is 1.19 bits per heavy atom. The van der Waals surface area contributed by atoms with Gasteiger partial charge in [0.1, 0.15) is 18.1 Å². The normalized spacial score (nSPS) is 17.9. The molecule has 596 valence electrons. The molecule has 1 fully saturated rings. The van der Waals surface area contributed by atoms with Gasteiger partial charge in [-0.05, 0) is 107 Å². The van der Waals surface area contributed by atoms with Gasteiger partial charge in [0.05, 0.1) is 167 Å². The van der Waals surface area contributed by atoms with Crippen LogP contribution in [0, 0.1) is 17.8 Å². The number of aliphatic imine (C=N–C) groups is 1. The van der Waals surface area contributed by atoms with E-state index in [4.69, 9.17) is 56.8 Å². The molecule has 3 aromatic rings. The first-order valence-corrected chi connectivity index (χ1v) is 37.7. The summed E-state index contributed by atoms with van der Waals surface area (Å²) >= 11 is 0. The van der Waals surface area contributed by atoms with E-state index < -0.39 is 30.3 Å². The lowest BCUT2D eigenvalue weighted by Gasteiger charge is -2.31. The van der Waals surface area contributed by atoms with Crippen LogP contribution in [0.15, 0.2) is 77.1 Å². The van der Waals surface area contributed by atoms with Gasteiger partial charge in [0.2, 0.25) is 17.7 Å². The Hall–Kier alpha value is -8.03.